The second-order valence-electron chi connectivity index (χ2n) is 5.95. The average molecular weight is 320 g/mol. The van der Waals surface area contributed by atoms with Crippen molar-refractivity contribution >= 4 is 17.5 Å². The molecule has 3 rings (SSSR count). The third-order valence-electron chi connectivity index (χ3n) is 3.80. The monoisotopic (exact) mass is 319 g/mol. The molecule has 22 heavy (non-hydrogen) atoms. The van der Waals surface area contributed by atoms with E-state index in [4.69, 9.17) is 16.1 Å². The Morgan fingerprint density at radius 2 is 2.27 bits per heavy atom. The number of aromatic nitrogens is 2. The first-order valence-electron chi connectivity index (χ1n) is 7.38. The highest BCUT2D eigenvalue weighted by atomic mass is 35.5. The van der Waals surface area contributed by atoms with Gasteiger partial charge < -0.3 is 9.42 Å². The fourth-order valence-electron chi connectivity index (χ4n) is 2.59. The van der Waals surface area contributed by atoms with Crippen LogP contribution in [0.4, 0.5) is 0 Å². The number of amides is 1. The van der Waals surface area contributed by atoms with Crippen LogP contribution >= 0.6 is 11.6 Å². The molecular weight excluding hydrogens is 302 g/mol. The maximum absolute atomic E-state index is 12.2. The quantitative estimate of drug-likeness (QED) is 0.867. The van der Waals surface area contributed by atoms with Crippen LogP contribution in [0.5, 0.6) is 0 Å². The number of carbonyl (C=O) groups is 1. The maximum atomic E-state index is 12.2. The normalized spacial score (nSPS) is 18.5. The minimum absolute atomic E-state index is 0.0216. The number of rotatable bonds is 4. The van der Waals surface area contributed by atoms with Gasteiger partial charge in [-0.3, -0.25) is 4.79 Å². The van der Waals surface area contributed by atoms with Gasteiger partial charge in [0.15, 0.2) is 5.82 Å². The van der Waals surface area contributed by atoms with E-state index in [2.05, 4.69) is 10.1 Å². The Bertz CT molecular complexity index is 684. The van der Waals surface area contributed by atoms with E-state index >= 15 is 0 Å². The van der Waals surface area contributed by atoms with Crippen LogP contribution in [-0.4, -0.2) is 27.5 Å². The Hall–Kier alpha value is -1.88. The van der Waals surface area contributed by atoms with Gasteiger partial charge >= 0.3 is 0 Å². The molecule has 0 radical (unpaired) electrons. The summed E-state index contributed by atoms with van der Waals surface area (Å²) in [5, 5.41) is 4.65. The summed E-state index contributed by atoms with van der Waals surface area (Å²) in [6, 6.07) is 7.57. The predicted octanol–water partition coefficient (Wildman–Crippen LogP) is 3.36. The number of hydrogen-bond acceptors (Lipinski definition) is 4. The van der Waals surface area contributed by atoms with Crippen LogP contribution in [0.2, 0.25) is 5.02 Å². The molecule has 1 aromatic carbocycles. The van der Waals surface area contributed by atoms with Gasteiger partial charge in [-0.1, -0.05) is 42.7 Å². The Balaban J connectivity index is 1.70. The predicted molar refractivity (Wildman–Crippen MR) is 82.6 cm³/mol. The molecule has 2 aromatic rings. The Kier molecular flexibility index (Phi) is 4.16. The number of hydrogen-bond donors (Lipinski definition) is 0. The fraction of sp³-hybridized carbons (Fsp3) is 0.438. The lowest BCUT2D eigenvalue weighted by molar-refractivity contribution is -0.128. The van der Waals surface area contributed by atoms with Crippen LogP contribution in [0.15, 0.2) is 28.8 Å². The molecule has 6 heteroatoms. The van der Waals surface area contributed by atoms with Gasteiger partial charge in [0.05, 0.1) is 5.92 Å². The van der Waals surface area contributed by atoms with Crippen molar-refractivity contribution in [1.82, 2.24) is 15.0 Å². The van der Waals surface area contributed by atoms with E-state index in [9.17, 15) is 4.79 Å². The van der Waals surface area contributed by atoms with Crippen LogP contribution in [0, 0.1) is 0 Å². The Labute approximate surface area is 134 Å². The molecule has 1 aliphatic rings. The van der Waals surface area contributed by atoms with Crippen LogP contribution in [0.1, 0.15) is 49.4 Å². The van der Waals surface area contributed by atoms with Crippen molar-refractivity contribution in [2.45, 2.75) is 38.6 Å². The standard InChI is InChI=1S/C16H18ClN3O2/c1-10(2)15-18-16(22-19-15)12-7-14(21)20(9-12)8-11-4-3-5-13(17)6-11/h3-6,10,12H,7-9H2,1-2H3. The minimum Gasteiger partial charge on any atom is -0.339 e. The van der Waals surface area contributed by atoms with E-state index in [1.54, 1.807) is 0 Å². The molecule has 1 amide bonds. The number of carbonyl (C=O) groups excluding carboxylic acids is 1. The summed E-state index contributed by atoms with van der Waals surface area (Å²) >= 11 is 5.99. The van der Waals surface area contributed by atoms with Crippen molar-refractivity contribution in [3.63, 3.8) is 0 Å². The zero-order valence-electron chi connectivity index (χ0n) is 12.6. The molecule has 1 aliphatic heterocycles. The van der Waals surface area contributed by atoms with Crippen molar-refractivity contribution in [2.75, 3.05) is 6.54 Å². The van der Waals surface area contributed by atoms with Crippen molar-refractivity contribution in [2.24, 2.45) is 0 Å². The zero-order valence-corrected chi connectivity index (χ0v) is 13.4. The number of halogens is 1. The first-order chi connectivity index (χ1) is 10.5. The molecule has 1 saturated heterocycles. The maximum Gasteiger partial charge on any atom is 0.232 e. The average Bonchev–Trinajstić information content (AvgIpc) is 3.07. The van der Waals surface area contributed by atoms with E-state index in [1.807, 2.05) is 43.0 Å². The smallest absolute Gasteiger partial charge is 0.232 e. The van der Waals surface area contributed by atoms with Gasteiger partial charge in [0.2, 0.25) is 11.8 Å². The number of likely N-dealkylation sites (tertiary alicyclic amines) is 1. The van der Waals surface area contributed by atoms with Crippen molar-refractivity contribution in [1.29, 1.82) is 0 Å². The van der Waals surface area contributed by atoms with Crippen LogP contribution in [0.3, 0.4) is 0 Å². The first kappa shape index (κ1) is 15.0. The molecule has 0 N–H and O–H groups in total. The molecule has 0 saturated carbocycles. The summed E-state index contributed by atoms with van der Waals surface area (Å²) < 4.78 is 5.31. The summed E-state index contributed by atoms with van der Waals surface area (Å²) in [4.78, 5) is 18.4. The SMILES string of the molecule is CC(C)c1noc(C2CC(=O)N(Cc3cccc(Cl)c3)C2)n1. The van der Waals surface area contributed by atoms with Crippen LogP contribution in [0.25, 0.3) is 0 Å². The molecule has 2 heterocycles. The molecule has 1 unspecified atom stereocenters. The zero-order chi connectivity index (χ0) is 15.7. The molecule has 5 nitrogen and oxygen atoms in total. The fourth-order valence-corrected chi connectivity index (χ4v) is 2.81. The summed E-state index contributed by atoms with van der Waals surface area (Å²) in [7, 11) is 0. The summed E-state index contributed by atoms with van der Waals surface area (Å²) in [5.41, 5.74) is 1.02. The summed E-state index contributed by atoms with van der Waals surface area (Å²) in [6.45, 7) is 5.19. The second-order valence-corrected chi connectivity index (χ2v) is 6.39. The van der Waals surface area contributed by atoms with E-state index in [-0.39, 0.29) is 17.7 Å². The molecule has 1 aromatic heterocycles. The van der Waals surface area contributed by atoms with Crippen LogP contribution < -0.4 is 0 Å². The second kappa shape index (κ2) is 6.08. The molecule has 0 spiro atoms. The highest BCUT2D eigenvalue weighted by molar-refractivity contribution is 6.30. The lowest BCUT2D eigenvalue weighted by Gasteiger charge is -2.16. The molecule has 1 fully saturated rings. The largest absolute Gasteiger partial charge is 0.339 e. The lowest BCUT2D eigenvalue weighted by atomic mass is 10.1. The summed E-state index contributed by atoms with van der Waals surface area (Å²) in [5.74, 6) is 1.56. The summed E-state index contributed by atoms with van der Waals surface area (Å²) in [6.07, 6.45) is 0.417. The lowest BCUT2D eigenvalue weighted by Crippen LogP contribution is -2.24. The van der Waals surface area contributed by atoms with Gasteiger partial charge in [-0.05, 0) is 17.7 Å². The van der Waals surface area contributed by atoms with Gasteiger partial charge in [0.1, 0.15) is 0 Å². The first-order valence-corrected chi connectivity index (χ1v) is 7.76. The molecule has 0 bridgehead atoms. The van der Waals surface area contributed by atoms with Gasteiger partial charge in [0, 0.05) is 30.5 Å². The van der Waals surface area contributed by atoms with E-state index in [1.165, 1.54) is 0 Å². The van der Waals surface area contributed by atoms with E-state index < -0.39 is 0 Å². The Morgan fingerprint density at radius 3 is 2.95 bits per heavy atom. The van der Waals surface area contributed by atoms with Crippen molar-refractivity contribution in [3.8, 4) is 0 Å². The molecule has 1 atom stereocenters. The van der Waals surface area contributed by atoms with E-state index in [0.717, 1.165) is 5.56 Å². The number of benzene rings is 1. The van der Waals surface area contributed by atoms with Gasteiger partial charge in [-0.25, -0.2) is 0 Å². The van der Waals surface area contributed by atoms with Gasteiger partial charge in [-0.15, -0.1) is 0 Å². The minimum atomic E-state index is -0.0216. The molecular formula is C16H18ClN3O2. The molecule has 0 aliphatic carbocycles. The van der Waals surface area contributed by atoms with Crippen molar-refractivity contribution in [3.05, 3.63) is 46.6 Å². The highest BCUT2D eigenvalue weighted by Crippen LogP contribution is 2.29. The van der Waals surface area contributed by atoms with Crippen molar-refractivity contribution < 1.29 is 9.32 Å². The van der Waals surface area contributed by atoms with Gasteiger partial charge in [0.25, 0.3) is 0 Å². The highest BCUT2D eigenvalue weighted by Gasteiger charge is 2.34. The van der Waals surface area contributed by atoms with Crippen LogP contribution in [-0.2, 0) is 11.3 Å². The third kappa shape index (κ3) is 3.14. The Morgan fingerprint density at radius 1 is 1.45 bits per heavy atom. The van der Waals surface area contributed by atoms with Gasteiger partial charge in [-0.2, -0.15) is 4.98 Å². The number of nitrogens with zero attached hydrogens (tertiary/aromatic N) is 3. The third-order valence-corrected chi connectivity index (χ3v) is 4.04. The topological polar surface area (TPSA) is 59.2 Å². The van der Waals surface area contributed by atoms with E-state index in [0.29, 0.717) is 36.2 Å². The molecule has 116 valence electrons.